The zero-order chi connectivity index (χ0) is 16.3. The van der Waals surface area contributed by atoms with Gasteiger partial charge in [-0.2, -0.15) is 0 Å². The summed E-state index contributed by atoms with van der Waals surface area (Å²) in [6.07, 6.45) is 0. The molecule has 0 fully saturated rings. The first kappa shape index (κ1) is 16.3. The molecule has 22 heavy (non-hydrogen) atoms. The molecule has 0 aliphatic carbocycles. The van der Waals surface area contributed by atoms with E-state index in [2.05, 4.69) is 20.7 Å². The number of hydrogen-bond donors (Lipinski definition) is 2. The number of halogens is 1. The second kappa shape index (κ2) is 6.37. The highest BCUT2D eigenvalue weighted by atomic mass is 79.9. The number of benzene rings is 2. The molecule has 0 amide bonds. The van der Waals surface area contributed by atoms with Crippen molar-refractivity contribution in [3.63, 3.8) is 0 Å². The fourth-order valence-corrected chi connectivity index (χ4v) is 3.52. The minimum Gasteiger partial charge on any atom is -0.495 e. The molecule has 0 aliphatic rings. The number of rotatable bonds is 5. The van der Waals surface area contributed by atoms with Crippen LogP contribution in [0.4, 0.5) is 5.69 Å². The Bertz CT molecular complexity index is 802. The quantitative estimate of drug-likeness (QED) is 0.824. The standard InChI is InChI=1S/C14H12BrNO5S/c1-21-12-7-4-10(15)8-13(12)22(19,20)16-11-5-2-9(3-6-11)14(17)18/h2-8,16H,1H3,(H,17,18). The molecule has 0 heterocycles. The summed E-state index contributed by atoms with van der Waals surface area (Å²) in [5.74, 6) is -0.874. The van der Waals surface area contributed by atoms with Gasteiger partial charge in [0.25, 0.3) is 10.0 Å². The Labute approximate surface area is 135 Å². The van der Waals surface area contributed by atoms with Crippen molar-refractivity contribution in [1.29, 1.82) is 0 Å². The van der Waals surface area contributed by atoms with Crippen LogP contribution in [0, 0.1) is 0 Å². The number of carboxylic acid groups (broad SMARTS) is 1. The monoisotopic (exact) mass is 385 g/mol. The van der Waals surface area contributed by atoms with Gasteiger partial charge in [0.05, 0.1) is 12.7 Å². The molecule has 2 aromatic carbocycles. The van der Waals surface area contributed by atoms with Gasteiger partial charge in [0.15, 0.2) is 0 Å². The third kappa shape index (κ3) is 3.58. The molecule has 0 aliphatic heterocycles. The van der Waals surface area contributed by atoms with Gasteiger partial charge in [0, 0.05) is 10.2 Å². The van der Waals surface area contributed by atoms with Crippen LogP contribution in [-0.2, 0) is 10.0 Å². The van der Waals surface area contributed by atoms with E-state index in [1.165, 1.54) is 43.5 Å². The summed E-state index contributed by atoms with van der Waals surface area (Å²) < 4.78 is 32.9. The lowest BCUT2D eigenvalue weighted by molar-refractivity contribution is 0.0697. The van der Waals surface area contributed by atoms with Gasteiger partial charge in [-0.15, -0.1) is 0 Å². The van der Waals surface area contributed by atoms with Crippen LogP contribution in [0.25, 0.3) is 0 Å². The molecule has 0 spiro atoms. The van der Waals surface area contributed by atoms with Crippen LogP contribution in [0.3, 0.4) is 0 Å². The Morgan fingerprint density at radius 3 is 2.36 bits per heavy atom. The zero-order valence-electron chi connectivity index (χ0n) is 11.4. The summed E-state index contributed by atoms with van der Waals surface area (Å²) in [6.45, 7) is 0. The van der Waals surface area contributed by atoms with Crippen molar-refractivity contribution in [1.82, 2.24) is 0 Å². The van der Waals surface area contributed by atoms with Crippen LogP contribution in [0.15, 0.2) is 51.8 Å². The van der Waals surface area contributed by atoms with Gasteiger partial charge in [-0.1, -0.05) is 15.9 Å². The molecule has 0 aromatic heterocycles. The van der Waals surface area contributed by atoms with Crippen LogP contribution in [0.2, 0.25) is 0 Å². The normalized spacial score (nSPS) is 11.0. The SMILES string of the molecule is COc1ccc(Br)cc1S(=O)(=O)Nc1ccc(C(=O)O)cc1. The van der Waals surface area contributed by atoms with Crippen LogP contribution in [0.5, 0.6) is 5.75 Å². The van der Waals surface area contributed by atoms with Crippen LogP contribution >= 0.6 is 15.9 Å². The van der Waals surface area contributed by atoms with Crippen molar-refractivity contribution in [2.45, 2.75) is 4.90 Å². The van der Waals surface area contributed by atoms with Gasteiger partial charge in [-0.05, 0) is 42.5 Å². The maximum atomic E-state index is 12.4. The van der Waals surface area contributed by atoms with Crippen LogP contribution < -0.4 is 9.46 Å². The van der Waals surface area contributed by atoms with Crippen LogP contribution in [-0.4, -0.2) is 26.6 Å². The Morgan fingerprint density at radius 2 is 1.82 bits per heavy atom. The summed E-state index contributed by atoms with van der Waals surface area (Å²) in [5, 5.41) is 8.82. The van der Waals surface area contributed by atoms with E-state index in [0.29, 0.717) is 4.47 Å². The number of nitrogens with one attached hydrogen (secondary N) is 1. The molecule has 0 saturated heterocycles. The number of ether oxygens (including phenoxy) is 1. The number of aromatic carboxylic acids is 1. The second-order valence-corrected chi connectivity index (χ2v) is 6.85. The zero-order valence-corrected chi connectivity index (χ0v) is 13.8. The fourth-order valence-electron chi connectivity index (χ4n) is 1.75. The van der Waals surface area contributed by atoms with E-state index in [1.54, 1.807) is 6.07 Å². The maximum Gasteiger partial charge on any atom is 0.335 e. The van der Waals surface area contributed by atoms with E-state index in [0.717, 1.165) is 0 Å². The molecule has 0 radical (unpaired) electrons. The van der Waals surface area contributed by atoms with Gasteiger partial charge in [0.1, 0.15) is 10.6 Å². The van der Waals surface area contributed by atoms with Gasteiger partial charge in [0.2, 0.25) is 0 Å². The average molecular weight is 386 g/mol. The van der Waals surface area contributed by atoms with E-state index in [4.69, 9.17) is 9.84 Å². The summed E-state index contributed by atoms with van der Waals surface area (Å²) in [4.78, 5) is 10.8. The largest absolute Gasteiger partial charge is 0.495 e. The molecule has 2 N–H and O–H groups in total. The summed E-state index contributed by atoms with van der Waals surface area (Å²) in [7, 11) is -2.49. The Hall–Kier alpha value is -2.06. The van der Waals surface area contributed by atoms with Crippen molar-refractivity contribution >= 4 is 37.6 Å². The predicted octanol–water partition coefficient (Wildman–Crippen LogP) is 2.96. The first-order valence-corrected chi connectivity index (χ1v) is 8.31. The maximum absolute atomic E-state index is 12.4. The van der Waals surface area contributed by atoms with Gasteiger partial charge < -0.3 is 9.84 Å². The van der Waals surface area contributed by atoms with Crippen molar-refractivity contribution in [2.75, 3.05) is 11.8 Å². The number of hydrogen-bond acceptors (Lipinski definition) is 4. The van der Waals surface area contributed by atoms with E-state index in [1.807, 2.05) is 0 Å². The van der Waals surface area contributed by atoms with E-state index >= 15 is 0 Å². The average Bonchev–Trinajstić information content (AvgIpc) is 2.47. The number of carbonyl (C=O) groups is 1. The molecule has 0 atom stereocenters. The topological polar surface area (TPSA) is 92.7 Å². The lowest BCUT2D eigenvalue weighted by Gasteiger charge is -2.12. The highest BCUT2D eigenvalue weighted by Crippen LogP contribution is 2.28. The van der Waals surface area contributed by atoms with Gasteiger partial charge in [-0.25, -0.2) is 13.2 Å². The highest BCUT2D eigenvalue weighted by molar-refractivity contribution is 9.10. The number of methoxy groups -OCH3 is 1. The number of sulfonamides is 1. The first-order valence-electron chi connectivity index (χ1n) is 6.03. The predicted molar refractivity (Wildman–Crippen MR) is 84.9 cm³/mol. The molecular formula is C14H12BrNO5S. The lowest BCUT2D eigenvalue weighted by atomic mass is 10.2. The van der Waals surface area contributed by atoms with Crippen molar-refractivity contribution in [2.24, 2.45) is 0 Å². The van der Waals surface area contributed by atoms with Crippen molar-refractivity contribution in [3.8, 4) is 5.75 Å². The van der Waals surface area contributed by atoms with Crippen molar-refractivity contribution in [3.05, 3.63) is 52.5 Å². The summed E-state index contributed by atoms with van der Waals surface area (Å²) in [6, 6.07) is 10.0. The molecular weight excluding hydrogens is 374 g/mol. The Balaban J connectivity index is 2.35. The van der Waals surface area contributed by atoms with E-state index in [9.17, 15) is 13.2 Å². The highest BCUT2D eigenvalue weighted by Gasteiger charge is 2.20. The molecule has 2 aromatic rings. The smallest absolute Gasteiger partial charge is 0.335 e. The van der Waals surface area contributed by atoms with Gasteiger partial charge >= 0.3 is 5.97 Å². The first-order chi connectivity index (χ1) is 10.3. The summed E-state index contributed by atoms with van der Waals surface area (Å²) >= 11 is 3.22. The Morgan fingerprint density at radius 1 is 1.18 bits per heavy atom. The van der Waals surface area contributed by atoms with Crippen LogP contribution in [0.1, 0.15) is 10.4 Å². The minimum atomic E-state index is -3.86. The minimum absolute atomic E-state index is 0.0216. The number of carboxylic acids is 1. The Kier molecular flexibility index (Phi) is 4.72. The second-order valence-electron chi connectivity index (χ2n) is 4.28. The third-order valence-corrected chi connectivity index (χ3v) is 4.70. The fraction of sp³-hybridized carbons (Fsp3) is 0.0714. The molecule has 0 saturated carbocycles. The summed E-state index contributed by atoms with van der Waals surface area (Å²) in [5.41, 5.74) is 0.329. The number of anilines is 1. The molecule has 6 nitrogen and oxygen atoms in total. The lowest BCUT2D eigenvalue weighted by Crippen LogP contribution is -2.14. The van der Waals surface area contributed by atoms with E-state index in [-0.39, 0.29) is 21.9 Å². The van der Waals surface area contributed by atoms with Crippen molar-refractivity contribution < 1.29 is 23.1 Å². The van der Waals surface area contributed by atoms with Gasteiger partial charge in [-0.3, -0.25) is 4.72 Å². The molecule has 116 valence electrons. The molecule has 0 bridgehead atoms. The molecule has 0 unspecified atom stereocenters. The molecule has 2 rings (SSSR count). The third-order valence-electron chi connectivity index (χ3n) is 2.80. The van der Waals surface area contributed by atoms with E-state index < -0.39 is 16.0 Å². The molecule has 8 heteroatoms.